The summed E-state index contributed by atoms with van der Waals surface area (Å²) < 4.78 is 16.8. The molecule has 0 aromatic heterocycles. The number of rotatable bonds is 58. The molecule has 0 rings (SSSR count). The van der Waals surface area contributed by atoms with Gasteiger partial charge in [0, 0.05) is 19.3 Å². The number of hydrogen-bond acceptors (Lipinski definition) is 6. The van der Waals surface area contributed by atoms with Crippen LogP contribution >= 0.6 is 0 Å². The van der Waals surface area contributed by atoms with Crippen LogP contribution in [0.1, 0.15) is 278 Å². The second kappa shape index (κ2) is 67.5. The number of carbonyl (C=O) groups is 3. The molecule has 0 heterocycles. The van der Waals surface area contributed by atoms with E-state index < -0.39 is 12.1 Å². The van der Waals surface area contributed by atoms with Crippen molar-refractivity contribution >= 4 is 17.9 Å². The first kappa shape index (κ1) is 76.0. The number of esters is 3. The Kier molecular flexibility index (Phi) is 63.4. The van der Waals surface area contributed by atoms with Gasteiger partial charge in [0.25, 0.3) is 0 Å². The molecule has 0 bridgehead atoms. The van der Waals surface area contributed by atoms with Crippen LogP contribution in [0.5, 0.6) is 0 Å². The van der Waals surface area contributed by atoms with Crippen LogP contribution in [0, 0.1) is 0 Å². The largest absolute Gasteiger partial charge is 0.462 e. The molecule has 0 amide bonds. The van der Waals surface area contributed by atoms with Crippen LogP contribution in [0.25, 0.3) is 0 Å². The maximum absolute atomic E-state index is 12.9. The standard InChI is InChI=1S/C75H120O6/c1-4-7-10-13-16-19-22-25-28-31-33-34-35-36-37-38-39-40-42-44-47-50-53-56-59-62-65-68-74(77)80-71-72(70-79-73(76)67-64-61-58-55-52-49-46-43-30-27-24-21-18-15-12-9-6-3)81-75(78)69-66-63-60-57-54-51-48-45-41-32-29-26-23-20-17-14-11-8-5-2/h8-9,11-12,17-18,20-22,25-27,29-31,33,41,45-46,49,51,54-55,58,60,63,72H,4-7,10,13-16,19,23-24,28,32,34-40,42-44,47-48,50,52-53,56-57,59,61-62,64-71H2,1-3H3/b11-8-,12-9-,20-17-,21-18-,25-22-,29-26-,30-27-,33-31-,45-41-,49-46-,54-51-,58-55-,63-60-. The summed E-state index contributed by atoms with van der Waals surface area (Å²) in [5, 5.41) is 0. The summed E-state index contributed by atoms with van der Waals surface area (Å²) in [6, 6.07) is 0. The third-order valence-corrected chi connectivity index (χ3v) is 13.5. The van der Waals surface area contributed by atoms with E-state index in [1.165, 1.54) is 122 Å². The van der Waals surface area contributed by atoms with Crippen LogP contribution in [0.4, 0.5) is 0 Å². The van der Waals surface area contributed by atoms with E-state index in [2.05, 4.69) is 167 Å². The molecular weight excluding hydrogens is 997 g/mol. The lowest BCUT2D eigenvalue weighted by Crippen LogP contribution is -2.30. The van der Waals surface area contributed by atoms with Crippen LogP contribution in [0.15, 0.2) is 158 Å². The van der Waals surface area contributed by atoms with Crippen molar-refractivity contribution in [2.45, 2.75) is 284 Å². The highest BCUT2D eigenvalue weighted by atomic mass is 16.6. The van der Waals surface area contributed by atoms with Crippen LogP contribution in [-0.2, 0) is 28.6 Å². The maximum Gasteiger partial charge on any atom is 0.306 e. The Labute approximate surface area is 499 Å². The van der Waals surface area contributed by atoms with E-state index in [9.17, 15) is 14.4 Å². The van der Waals surface area contributed by atoms with Gasteiger partial charge < -0.3 is 14.2 Å². The van der Waals surface area contributed by atoms with Gasteiger partial charge in [0.2, 0.25) is 0 Å². The predicted molar refractivity (Wildman–Crippen MR) is 352 cm³/mol. The topological polar surface area (TPSA) is 78.9 Å². The minimum Gasteiger partial charge on any atom is -0.462 e. The van der Waals surface area contributed by atoms with Crippen molar-refractivity contribution in [3.8, 4) is 0 Å². The molecule has 1 unspecified atom stereocenters. The van der Waals surface area contributed by atoms with Crippen molar-refractivity contribution in [1.82, 2.24) is 0 Å². The SMILES string of the molecule is CC/C=C\C/C=C\C/C=C\C/C=C\C/C=C\C/C=C\CCC(=O)OC(COC(=O)CCC/C=C\C/C=C\C/C=C\C/C=C\C/C=C\CC)COC(=O)CCCCCCCCCCCCCCCCC/C=C\C/C=C\CCCCCCC. The molecule has 0 aromatic rings. The van der Waals surface area contributed by atoms with Gasteiger partial charge in [0.1, 0.15) is 13.2 Å². The molecule has 0 radical (unpaired) electrons. The Morgan fingerprint density at radius 3 is 0.852 bits per heavy atom. The fraction of sp³-hybridized carbons (Fsp3) is 0.613. The number of unbranched alkanes of at least 4 members (excludes halogenated alkanes) is 21. The van der Waals surface area contributed by atoms with Crippen LogP contribution in [0.3, 0.4) is 0 Å². The first-order valence-corrected chi connectivity index (χ1v) is 33.0. The number of hydrogen-bond donors (Lipinski definition) is 0. The zero-order valence-electron chi connectivity index (χ0n) is 52.2. The van der Waals surface area contributed by atoms with Gasteiger partial charge in [-0.2, -0.15) is 0 Å². The Hall–Kier alpha value is -4.97. The molecule has 0 spiro atoms. The minimum absolute atomic E-state index is 0.132. The van der Waals surface area contributed by atoms with Gasteiger partial charge >= 0.3 is 17.9 Å². The second-order valence-corrected chi connectivity index (χ2v) is 21.3. The van der Waals surface area contributed by atoms with Crippen LogP contribution in [-0.4, -0.2) is 37.2 Å². The van der Waals surface area contributed by atoms with Gasteiger partial charge in [-0.05, 0) is 128 Å². The second-order valence-electron chi connectivity index (χ2n) is 21.3. The zero-order chi connectivity index (χ0) is 58.5. The summed E-state index contributed by atoms with van der Waals surface area (Å²) in [6.45, 7) is 6.30. The highest BCUT2D eigenvalue weighted by Gasteiger charge is 2.19. The molecule has 0 saturated carbocycles. The molecule has 0 aliphatic rings. The highest BCUT2D eigenvalue weighted by Crippen LogP contribution is 2.15. The minimum atomic E-state index is -0.850. The molecule has 0 aliphatic heterocycles. The van der Waals surface area contributed by atoms with Crippen molar-refractivity contribution < 1.29 is 28.6 Å². The fourth-order valence-electron chi connectivity index (χ4n) is 8.65. The fourth-order valence-corrected chi connectivity index (χ4v) is 8.65. The average molecular weight is 1120 g/mol. The first-order chi connectivity index (χ1) is 40.0. The quantitative estimate of drug-likeness (QED) is 0.0261. The Morgan fingerprint density at radius 2 is 0.519 bits per heavy atom. The lowest BCUT2D eigenvalue weighted by Gasteiger charge is -2.18. The van der Waals surface area contributed by atoms with Crippen LogP contribution in [0.2, 0.25) is 0 Å². The van der Waals surface area contributed by atoms with E-state index in [4.69, 9.17) is 14.2 Å². The molecule has 0 saturated heterocycles. The number of allylic oxidation sites excluding steroid dienone is 26. The van der Waals surface area contributed by atoms with Gasteiger partial charge in [0.05, 0.1) is 0 Å². The van der Waals surface area contributed by atoms with Gasteiger partial charge in [-0.25, -0.2) is 0 Å². The van der Waals surface area contributed by atoms with Crippen molar-refractivity contribution in [2.75, 3.05) is 13.2 Å². The summed E-state index contributed by atoms with van der Waals surface area (Å²) in [5.74, 6) is -1.08. The maximum atomic E-state index is 12.9. The molecule has 6 heteroatoms. The van der Waals surface area contributed by atoms with Gasteiger partial charge in [-0.3, -0.25) is 14.4 Å². The highest BCUT2D eigenvalue weighted by molar-refractivity contribution is 5.71. The van der Waals surface area contributed by atoms with E-state index in [1.807, 2.05) is 12.2 Å². The molecule has 0 aromatic carbocycles. The molecule has 0 aliphatic carbocycles. The summed E-state index contributed by atoms with van der Waals surface area (Å²) >= 11 is 0. The molecule has 456 valence electrons. The van der Waals surface area contributed by atoms with E-state index in [-0.39, 0.29) is 38.0 Å². The molecular formula is C75H120O6. The lowest BCUT2D eigenvalue weighted by atomic mass is 10.0. The van der Waals surface area contributed by atoms with Crippen LogP contribution < -0.4 is 0 Å². The van der Waals surface area contributed by atoms with E-state index in [1.54, 1.807) is 0 Å². The Balaban J connectivity index is 4.48. The predicted octanol–water partition coefficient (Wildman–Crippen LogP) is 22.9. The third kappa shape index (κ3) is 65.7. The smallest absolute Gasteiger partial charge is 0.306 e. The van der Waals surface area contributed by atoms with Gasteiger partial charge in [0.15, 0.2) is 6.10 Å². The summed E-state index contributed by atoms with van der Waals surface area (Å²) in [7, 11) is 0. The number of carbonyl (C=O) groups excluding carboxylic acids is 3. The Morgan fingerprint density at radius 1 is 0.259 bits per heavy atom. The normalized spacial score (nSPS) is 13.2. The lowest BCUT2D eigenvalue weighted by molar-refractivity contribution is -0.166. The average Bonchev–Trinajstić information content (AvgIpc) is 3.47. The molecule has 6 nitrogen and oxygen atoms in total. The van der Waals surface area contributed by atoms with E-state index in [0.717, 1.165) is 103 Å². The molecule has 1 atom stereocenters. The van der Waals surface area contributed by atoms with Crippen molar-refractivity contribution in [1.29, 1.82) is 0 Å². The summed E-state index contributed by atoms with van der Waals surface area (Å²) in [6.07, 6.45) is 98.5. The van der Waals surface area contributed by atoms with Crippen molar-refractivity contribution in [3.63, 3.8) is 0 Å². The molecule has 81 heavy (non-hydrogen) atoms. The summed E-state index contributed by atoms with van der Waals surface area (Å²) in [4.78, 5) is 38.3. The van der Waals surface area contributed by atoms with Crippen molar-refractivity contribution in [3.05, 3.63) is 158 Å². The summed E-state index contributed by atoms with van der Waals surface area (Å²) in [5.41, 5.74) is 0. The monoisotopic (exact) mass is 1120 g/mol. The van der Waals surface area contributed by atoms with E-state index in [0.29, 0.717) is 19.3 Å². The zero-order valence-corrected chi connectivity index (χ0v) is 52.2. The first-order valence-electron chi connectivity index (χ1n) is 33.0. The van der Waals surface area contributed by atoms with E-state index >= 15 is 0 Å². The molecule has 0 N–H and O–H groups in total. The number of ether oxygens (including phenoxy) is 3. The van der Waals surface area contributed by atoms with Gasteiger partial charge in [-0.1, -0.05) is 288 Å². The van der Waals surface area contributed by atoms with Gasteiger partial charge in [-0.15, -0.1) is 0 Å². The molecule has 0 fully saturated rings. The third-order valence-electron chi connectivity index (χ3n) is 13.5. The Bertz CT molecular complexity index is 1810. The van der Waals surface area contributed by atoms with Crippen molar-refractivity contribution in [2.24, 2.45) is 0 Å².